The van der Waals surface area contributed by atoms with Crippen molar-refractivity contribution in [1.29, 1.82) is 0 Å². The van der Waals surface area contributed by atoms with Gasteiger partial charge in [0.15, 0.2) is 0 Å². The van der Waals surface area contributed by atoms with E-state index >= 15 is 0 Å². The molecule has 0 fully saturated rings. The van der Waals surface area contributed by atoms with Crippen LogP contribution in [0.15, 0.2) is 36.5 Å². The second-order valence-corrected chi connectivity index (χ2v) is 2.16. The van der Waals surface area contributed by atoms with Crippen LogP contribution in [-0.2, 0) is 0 Å². The summed E-state index contributed by atoms with van der Waals surface area (Å²) in [5.41, 5.74) is 6.21. The van der Waals surface area contributed by atoms with Gasteiger partial charge in [-0.3, -0.25) is 0 Å². The van der Waals surface area contributed by atoms with Crippen molar-refractivity contribution in [2.75, 3.05) is 0 Å². The van der Waals surface area contributed by atoms with Crippen LogP contribution >= 0.6 is 12.2 Å². The van der Waals surface area contributed by atoms with Crippen LogP contribution in [0.5, 0.6) is 0 Å². The molecule has 0 aromatic rings. The van der Waals surface area contributed by atoms with Gasteiger partial charge in [0.05, 0.1) is 0 Å². The number of hydrogen-bond donors (Lipinski definition) is 1. The Morgan fingerprint density at radius 2 is 2.20 bits per heavy atom. The van der Waals surface area contributed by atoms with Gasteiger partial charge in [0.25, 0.3) is 0 Å². The molecular weight excluding hydrogens is 142 g/mol. The van der Waals surface area contributed by atoms with Gasteiger partial charge in [-0.2, -0.15) is 0 Å². The van der Waals surface area contributed by atoms with Crippen molar-refractivity contribution in [2.45, 2.75) is 6.92 Å². The molecule has 0 aromatic carbocycles. The number of allylic oxidation sites excluding steroid dienone is 3. The molecule has 0 amide bonds. The summed E-state index contributed by atoms with van der Waals surface area (Å²) in [7, 11) is 0. The minimum Gasteiger partial charge on any atom is -0.389 e. The highest BCUT2D eigenvalue weighted by atomic mass is 32.1. The standard InChI is InChI=1S/C8H11NS/c1-3-5-7(6-4-2)8(9)10/h3-6H,1H2,2H3,(H2,9,10)/b6-4-,7-5+. The van der Waals surface area contributed by atoms with Gasteiger partial charge in [-0.25, -0.2) is 0 Å². The predicted molar refractivity (Wildman–Crippen MR) is 49.9 cm³/mol. The van der Waals surface area contributed by atoms with Crippen LogP contribution < -0.4 is 5.73 Å². The van der Waals surface area contributed by atoms with E-state index in [1.807, 2.05) is 19.1 Å². The molecule has 0 bridgehead atoms. The zero-order valence-corrected chi connectivity index (χ0v) is 6.82. The van der Waals surface area contributed by atoms with Gasteiger partial charge < -0.3 is 5.73 Å². The molecule has 10 heavy (non-hydrogen) atoms. The predicted octanol–water partition coefficient (Wildman–Crippen LogP) is 1.96. The van der Waals surface area contributed by atoms with Gasteiger partial charge in [0, 0.05) is 5.57 Å². The molecule has 0 rings (SSSR count). The zero-order chi connectivity index (χ0) is 7.98. The van der Waals surface area contributed by atoms with E-state index in [0.717, 1.165) is 5.57 Å². The quantitative estimate of drug-likeness (QED) is 0.381. The van der Waals surface area contributed by atoms with Crippen LogP contribution in [0.25, 0.3) is 0 Å². The summed E-state index contributed by atoms with van der Waals surface area (Å²) in [6, 6.07) is 0. The molecule has 0 saturated heterocycles. The van der Waals surface area contributed by atoms with Crippen molar-refractivity contribution in [3.8, 4) is 0 Å². The maximum atomic E-state index is 5.37. The lowest BCUT2D eigenvalue weighted by Crippen LogP contribution is -2.09. The second kappa shape index (κ2) is 4.94. The Hall–Kier alpha value is -0.890. The van der Waals surface area contributed by atoms with E-state index in [1.54, 1.807) is 12.2 Å². The third kappa shape index (κ3) is 3.20. The monoisotopic (exact) mass is 153 g/mol. The minimum absolute atomic E-state index is 0.401. The summed E-state index contributed by atoms with van der Waals surface area (Å²) in [4.78, 5) is 0.401. The lowest BCUT2D eigenvalue weighted by molar-refractivity contribution is 1.65. The van der Waals surface area contributed by atoms with E-state index in [1.165, 1.54) is 0 Å². The molecule has 2 N–H and O–H groups in total. The fourth-order valence-electron chi connectivity index (χ4n) is 0.526. The molecular formula is C8H11NS. The van der Waals surface area contributed by atoms with Gasteiger partial charge >= 0.3 is 0 Å². The number of nitrogens with two attached hydrogens (primary N) is 1. The minimum atomic E-state index is 0.401. The average molecular weight is 153 g/mol. The van der Waals surface area contributed by atoms with E-state index in [2.05, 4.69) is 6.58 Å². The van der Waals surface area contributed by atoms with Crippen LogP contribution in [0.2, 0.25) is 0 Å². The summed E-state index contributed by atoms with van der Waals surface area (Å²) in [5.74, 6) is 0. The Morgan fingerprint density at radius 3 is 2.50 bits per heavy atom. The first kappa shape index (κ1) is 9.11. The summed E-state index contributed by atoms with van der Waals surface area (Å²) in [6.45, 7) is 5.45. The molecule has 0 atom stereocenters. The largest absolute Gasteiger partial charge is 0.389 e. The summed E-state index contributed by atoms with van der Waals surface area (Å²) in [6.07, 6.45) is 7.18. The van der Waals surface area contributed by atoms with Crippen molar-refractivity contribution in [3.05, 3.63) is 36.5 Å². The van der Waals surface area contributed by atoms with E-state index in [9.17, 15) is 0 Å². The van der Waals surface area contributed by atoms with Crippen LogP contribution in [0.3, 0.4) is 0 Å². The molecule has 0 radical (unpaired) electrons. The normalized spacial score (nSPS) is 11.9. The molecule has 0 aliphatic rings. The molecule has 54 valence electrons. The second-order valence-electron chi connectivity index (χ2n) is 1.72. The maximum Gasteiger partial charge on any atom is 0.103 e. The number of thiocarbonyl (C=S) groups is 1. The van der Waals surface area contributed by atoms with Crippen LogP contribution in [0, 0.1) is 0 Å². The van der Waals surface area contributed by atoms with Gasteiger partial charge in [-0.15, -0.1) is 0 Å². The third-order valence-corrected chi connectivity index (χ3v) is 1.16. The van der Waals surface area contributed by atoms with Gasteiger partial charge in [-0.05, 0) is 6.92 Å². The van der Waals surface area contributed by atoms with Crippen LogP contribution in [0.1, 0.15) is 6.92 Å². The van der Waals surface area contributed by atoms with Crippen molar-refractivity contribution in [1.82, 2.24) is 0 Å². The van der Waals surface area contributed by atoms with Crippen molar-refractivity contribution >= 4 is 17.2 Å². The number of hydrogen-bond acceptors (Lipinski definition) is 1. The smallest absolute Gasteiger partial charge is 0.103 e. The molecule has 0 unspecified atom stereocenters. The third-order valence-electron chi connectivity index (χ3n) is 0.928. The molecule has 0 heterocycles. The zero-order valence-electron chi connectivity index (χ0n) is 6.00. The topological polar surface area (TPSA) is 26.0 Å². The van der Waals surface area contributed by atoms with Crippen molar-refractivity contribution in [2.24, 2.45) is 5.73 Å². The summed E-state index contributed by atoms with van der Waals surface area (Å²) in [5, 5.41) is 0. The Balaban J connectivity index is 4.41. The van der Waals surface area contributed by atoms with Crippen LogP contribution in [-0.4, -0.2) is 4.99 Å². The lowest BCUT2D eigenvalue weighted by Gasteiger charge is -1.94. The van der Waals surface area contributed by atoms with Gasteiger partial charge in [0.2, 0.25) is 0 Å². The lowest BCUT2D eigenvalue weighted by atomic mass is 10.2. The van der Waals surface area contributed by atoms with Gasteiger partial charge in [-0.1, -0.05) is 43.1 Å². The fourth-order valence-corrected chi connectivity index (χ4v) is 0.662. The summed E-state index contributed by atoms with van der Waals surface area (Å²) < 4.78 is 0. The Bertz CT molecular complexity index is 189. The highest BCUT2D eigenvalue weighted by molar-refractivity contribution is 7.80. The van der Waals surface area contributed by atoms with E-state index in [-0.39, 0.29) is 0 Å². The Morgan fingerprint density at radius 1 is 1.60 bits per heavy atom. The molecule has 0 spiro atoms. The first-order valence-electron chi connectivity index (χ1n) is 2.97. The number of rotatable bonds is 3. The SMILES string of the molecule is C=C/C=C(\C=C/C)C(N)=S. The molecule has 0 aliphatic heterocycles. The molecule has 1 nitrogen and oxygen atoms in total. The Labute approximate surface area is 66.9 Å². The van der Waals surface area contributed by atoms with E-state index in [0.29, 0.717) is 4.99 Å². The highest BCUT2D eigenvalue weighted by Crippen LogP contribution is 1.96. The van der Waals surface area contributed by atoms with Crippen molar-refractivity contribution < 1.29 is 0 Å². The first-order valence-corrected chi connectivity index (χ1v) is 3.38. The van der Waals surface area contributed by atoms with Gasteiger partial charge in [0.1, 0.15) is 4.99 Å². The molecule has 0 aromatic heterocycles. The van der Waals surface area contributed by atoms with E-state index < -0.39 is 0 Å². The van der Waals surface area contributed by atoms with Crippen molar-refractivity contribution in [3.63, 3.8) is 0 Å². The first-order chi connectivity index (χ1) is 4.72. The molecule has 0 aliphatic carbocycles. The highest BCUT2D eigenvalue weighted by Gasteiger charge is 1.90. The molecule has 2 heteroatoms. The fraction of sp³-hybridized carbons (Fsp3) is 0.125. The summed E-state index contributed by atoms with van der Waals surface area (Å²) >= 11 is 4.76. The van der Waals surface area contributed by atoms with Crippen LogP contribution in [0.4, 0.5) is 0 Å². The maximum absolute atomic E-state index is 5.37. The Kier molecular flexibility index (Phi) is 4.50. The molecule has 0 saturated carbocycles. The van der Waals surface area contributed by atoms with E-state index in [4.69, 9.17) is 18.0 Å². The average Bonchev–Trinajstić information content (AvgIpc) is 1.87.